The Morgan fingerprint density at radius 1 is 1.43 bits per heavy atom. The first kappa shape index (κ1) is 15.9. The fourth-order valence-corrected chi connectivity index (χ4v) is 2.78. The van der Waals surface area contributed by atoms with Gasteiger partial charge in [-0.25, -0.2) is 0 Å². The number of hydrogen-bond donors (Lipinski definition) is 1. The van der Waals surface area contributed by atoms with Crippen molar-refractivity contribution in [1.29, 1.82) is 0 Å². The molecular weight excluding hydrogens is 308 g/mol. The molecule has 0 bridgehead atoms. The smallest absolute Gasteiger partial charge is 0.313 e. The van der Waals surface area contributed by atoms with E-state index in [1.165, 1.54) is 11.8 Å². The van der Waals surface area contributed by atoms with Crippen LogP contribution in [0.2, 0.25) is 5.02 Å². The molecular formula is C15H17ClN2O2S. The molecule has 0 saturated carbocycles. The highest BCUT2D eigenvalue weighted by molar-refractivity contribution is 7.99. The van der Waals surface area contributed by atoms with E-state index in [-0.39, 0.29) is 5.75 Å². The maximum Gasteiger partial charge on any atom is 0.313 e. The predicted octanol–water partition coefficient (Wildman–Crippen LogP) is 3.88. The average molecular weight is 325 g/mol. The Morgan fingerprint density at radius 2 is 2.14 bits per heavy atom. The molecule has 0 unspecified atom stereocenters. The molecule has 0 fully saturated rings. The number of nitrogens with zero attached hydrogens (tertiary/aromatic N) is 2. The molecule has 2 rings (SSSR count). The van der Waals surface area contributed by atoms with Gasteiger partial charge >= 0.3 is 5.97 Å². The van der Waals surface area contributed by atoms with Crippen molar-refractivity contribution < 1.29 is 9.90 Å². The zero-order valence-electron chi connectivity index (χ0n) is 11.9. The lowest BCUT2D eigenvalue weighted by Crippen LogP contribution is -2.06. The minimum Gasteiger partial charge on any atom is -0.481 e. The van der Waals surface area contributed by atoms with Crippen LogP contribution in [0.1, 0.15) is 31.0 Å². The zero-order chi connectivity index (χ0) is 15.4. The van der Waals surface area contributed by atoms with Crippen LogP contribution in [0.15, 0.2) is 35.4 Å². The Labute approximate surface area is 133 Å². The van der Waals surface area contributed by atoms with Gasteiger partial charge in [-0.15, -0.1) is 0 Å². The van der Waals surface area contributed by atoms with E-state index in [2.05, 4.69) is 18.9 Å². The molecule has 6 heteroatoms. The number of carboxylic acid groups (broad SMARTS) is 1. The van der Waals surface area contributed by atoms with Gasteiger partial charge in [-0.05, 0) is 23.6 Å². The molecule has 2 aromatic rings. The number of thioether (sulfide) groups is 1. The van der Waals surface area contributed by atoms with E-state index in [4.69, 9.17) is 16.7 Å². The number of rotatable bonds is 6. The minimum absolute atomic E-state index is 0.0196. The van der Waals surface area contributed by atoms with Gasteiger partial charge < -0.3 is 5.11 Å². The number of aromatic nitrogens is 2. The van der Waals surface area contributed by atoms with Crippen molar-refractivity contribution >= 4 is 29.3 Å². The average Bonchev–Trinajstić information content (AvgIpc) is 2.82. The normalized spacial score (nSPS) is 11.0. The van der Waals surface area contributed by atoms with Crippen LogP contribution in [0.5, 0.6) is 0 Å². The molecule has 0 aliphatic rings. The van der Waals surface area contributed by atoms with Crippen LogP contribution in [-0.2, 0) is 11.3 Å². The van der Waals surface area contributed by atoms with Crippen molar-refractivity contribution in [2.45, 2.75) is 31.3 Å². The van der Waals surface area contributed by atoms with E-state index in [0.717, 1.165) is 16.3 Å². The summed E-state index contributed by atoms with van der Waals surface area (Å²) < 4.78 is 1.82. The number of benzene rings is 1. The summed E-state index contributed by atoms with van der Waals surface area (Å²) >= 11 is 7.46. The molecule has 112 valence electrons. The molecule has 1 heterocycles. The van der Waals surface area contributed by atoms with Crippen molar-refractivity contribution in [3.05, 3.63) is 46.6 Å². The van der Waals surface area contributed by atoms with Gasteiger partial charge in [-0.2, -0.15) is 5.10 Å². The molecule has 1 aromatic carbocycles. The Hall–Kier alpha value is -1.46. The van der Waals surface area contributed by atoms with Crippen LogP contribution < -0.4 is 0 Å². The molecule has 4 nitrogen and oxygen atoms in total. The van der Waals surface area contributed by atoms with E-state index in [0.29, 0.717) is 17.5 Å². The Bertz CT molecular complexity index is 640. The lowest BCUT2D eigenvalue weighted by molar-refractivity contribution is -0.133. The summed E-state index contributed by atoms with van der Waals surface area (Å²) in [4.78, 5) is 10.8. The second kappa shape index (κ2) is 7.00. The van der Waals surface area contributed by atoms with Gasteiger partial charge in [0.05, 0.1) is 23.0 Å². The van der Waals surface area contributed by atoms with Crippen molar-refractivity contribution in [1.82, 2.24) is 9.78 Å². The SMILES string of the molecule is CC(C)c1cc(SCC(=O)O)n(Cc2ccccc2Cl)n1. The summed E-state index contributed by atoms with van der Waals surface area (Å²) in [5, 5.41) is 14.9. The summed E-state index contributed by atoms with van der Waals surface area (Å²) in [5.74, 6) is -0.524. The monoisotopic (exact) mass is 324 g/mol. The molecule has 0 aliphatic heterocycles. The number of carbonyl (C=O) groups is 1. The maximum absolute atomic E-state index is 10.8. The Kier molecular flexibility index (Phi) is 5.31. The number of halogens is 1. The van der Waals surface area contributed by atoms with Gasteiger partial charge in [0.25, 0.3) is 0 Å². The van der Waals surface area contributed by atoms with Crippen LogP contribution >= 0.6 is 23.4 Å². The lowest BCUT2D eigenvalue weighted by atomic mass is 10.1. The molecule has 0 atom stereocenters. The number of carboxylic acids is 1. The second-order valence-corrected chi connectivity index (χ2v) is 6.40. The lowest BCUT2D eigenvalue weighted by Gasteiger charge is -2.08. The first-order valence-corrected chi connectivity index (χ1v) is 7.99. The molecule has 1 N–H and O–H groups in total. The van der Waals surface area contributed by atoms with Gasteiger partial charge in [-0.3, -0.25) is 9.48 Å². The number of aliphatic carboxylic acids is 1. The third-order valence-corrected chi connectivity index (χ3v) is 4.36. The van der Waals surface area contributed by atoms with Crippen molar-refractivity contribution in [2.75, 3.05) is 5.75 Å². The van der Waals surface area contributed by atoms with E-state index in [9.17, 15) is 4.79 Å². The summed E-state index contributed by atoms with van der Waals surface area (Å²) in [6.07, 6.45) is 0. The molecule has 0 spiro atoms. The van der Waals surface area contributed by atoms with Crippen molar-refractivity contribution in [2.24, 2.45) is 0 Å². The predicted molar refractivity (Wildman–Crippen MR) is 85.2 cm³/mol. The molecule has 0 saturated heterocycles. The summed E-state index contributed by atoms with van der Waals surface area (Å²) in [7, 11) is 0. The van der Waals surface area contributed by atoms with Crippen LogP contribution in [0.3, 0.4) is 0 Å². The van der Waals surface area contributed by atoms with Crippen LogP contribution in [0.25, 0.3) is 0 Å². The highest BCUT2D eigenvalue weighted by Gasteiger charge is 2.13. The first-order chi connectivity index (χ1) is 9.97. The fourth-order valence-electron chi connectivity index (χ4n) is 1.85. The molecule has 1 aromatic heterocycles. The van der Waals surface area contributed by atoms with E-state index < -0.39 is 5.97 Å². The van der Waals surface area contributed by atoms with Gasteiger partial charge in [0.1, 0.15) is 0 Å². The van der Waals surface area contributed by atoms with Gasteiger partial charge in [0.15, 0.2) is 0 Å². The fraction of sp³-hybridized carbons (Fsp3) is 0.333. The highest BCUT2D eigenvalue weighted by Crippen LogP contribution is 2.25. The summed E-state index contributed by atoms with van der Waals surface area (Å²) in [6, 6.07) is 9.56. The van der Waals surface area contributed by atoms with E-state index in [1.807, 2.05) is 35.0 Å². The Morgan fingerprint density at radius 3 is 2.76 bits per heavy atom. The molecule has 21 heavy (non-hydrogen) atoms. The van der Waals surface area contributed by atoms with Gasteiger partial charge in [0.2, 0.25) is 0 Å². The second-order valence-electron chi connectivity index (χ2n) is 4.99. The van der Waals surface area contributed by atoms with Gasteiger partial charge in [-0.1, -0.05) is 55.4 Å². The van der Waals surface area contributed by atoms with Crippen molar-refractivity contribution in [3.8, 4) is 0 Å². The maximum atomic E-state index is 10.8. The largest absolute Gasteiger partial charge is 0.481 e. The number of hydrogen-bond acceptors (Lipinski definition) is 3. The molecule has 0 amide bonds. The zero-order valence-corrected chi connectivity index (χ0v) is 13.5. The van der Waals surface area contributed by atoms with Crippen molar-refractivity contribution in [3.63, 3.8) is 0 Å². The van der Waals surface area contributed by atoms with Crippen LogP contribution in [-0.4, -0.2) is 26.6 Å². The molecule has 0 aliphatic carbocycles. The summed E-state index contributed by atoms with van der Waals surface area (Å²) in [5.41, 5.74) is 1.92. The third kappa shape index (κ3) is 4.25. The van der Waals surface area contributed by atoms with Crippen LogP contribution in [0.4, 0.5) is 0 Å². The first-order valence-electron chi connectivity index (χ1n) is 6.63. The standard InChI is InChI=1S/C15H17ClN2O2S/c1-10(2)13-7-14(21-9-15(19)20)18(17-13)8-11-5-3-4-6-12(11)16/h3-7,10H,8-9H2,1-2H3,(H,19,20). The highest BCUT2D eigenvalue weighted by atomic mass is 35.5. The third-order valence-electron chi connectivity index (χ3n) is 2.97. The molecule has 0 radical (unpaired) electrons. The quantitative estimate of drug-likeness (QED) is 0.819. The summed E-state index contributed by atoms with van der Waals surface area (Å²) in [6.45, 7) is 4.66. The van der Waals surface area contributed by atoms with Crippen LogP contribution in [0, 0.1) is 0 Å². The van der Waals surface area contributed by atoms with E-state index >= 15 is 0 Å². The van der Waals surface area contributed by atoms with Gasteiger partial charge in [0, 0.05) is 5.02 Å². The van der Waals surface area contributed by atoms with E-state index in [1.54, 1.807) is 0 Å². The minimum atomic E-state index is -0.836. The topological polar surface area (TPSA) is 55.1 Å². The Balaban J connectivity index is 2.27.